The maximum atomic E-state index is 13.8. The molecule has 1 aromatic carbocycles. The number of piperazine rings is 1. The molecule has 5 heteroatoms. The molecule has 1 saturated heterocycles. The third-order valence-corrected chi connectivity index (χ3v) is 4.10. The van der Waals surface area contributed by atoms with Gasteiger partial charge in [-0.25, -0.2) is 4.39 Å². The largest absolute Gasteiger partial charge is 0.340 e. The molecule has 0 aliphatic carbocycles. The lowest BCUT2D eigenvalue weighted by molar-refractivity contribution is -0.133. The molecular formula is C18H25FN2O2. The fourth-order valence-electron chi connectivity index (χ4n) is 2.77. The summed E-state index contributed by atoms with van der Waals surface area (Å²) in [7, 11) is 0. The Bertz CT molecular complexity index is 578. The van der Waals surface area contributed by atoms with Gasteiger partial charge in [0.2, 0.25) is 5.91 Å². The molecule has 1 aliphatic rings. The van der Waals surface area contributed by atoms with Crippen LogP contribution in [0, 0.1) is 18.7 Å². The summed E-state index contributed by atoms with van der Waals surface area (Å²) in [5, 5.41) is 0. The quantitative estimate of drug-likeness (QED) is 0.783. The summed E-state index contributed by atoms with van der Waals surface area (Å²) in [5.74, 6) is -0.137. The van der Waals surface area contributed by atoms with Crippen LogP contribution in [0.2, 0.25) is 0 Å². The molecule has 0 spiro atoms. The van der Waals surface area contributed by atoms with E-state index in [2.05, 4.69) is 0 Å². The van der Waals surface area contributed by atoms with Gasteiger partial charge in [-0.15, -0.1) is 0 Å². The Morgan fingerprint density at radius 2 is 1.83 bits per heavy atom. The maximum Gasteiger partial charge on any atom is 0.222 e. The van der Waals surface area contributed by atoms with Gasteiger partial charge in [0, 0.05) is 32.6 Å². The van der Waals surface area contributed by atoms with Crippen molar-refractivity contribution in [2.45, 2.75) is 27.2 Å². The van der Waals surface area contributed by atoms with E-state index in [1.54, 1.807) is 12.1 Å². The number of ketones is 1. The highest BCUT2D eigenvalue weighted by Crippen LogP contribution is 2.13. The summed E-state index contributed by atoms with van der Waals surface area (Å²) >= 11 is 0. The molecular weight excluding hydrogens is 295 g/mol. The molecule has 126 valence electrons. The third kappa shape index (κ3) is 4.86. The zero-order valence-corrected chi connectivity index (χ0v) is 14.1. The lowest BCUT2D eigenvalue weighted by atomic mass is 10.1. The van der Waals surface area contributed by atoms with Crippen LogP contribution in [0.25, 0.3) is 0 Å². The number of hydrogen-bond acceptors (Lipinski definition) is 3. The number of carbonyl (C=O) groups excluding carboxylic acids is 2. The Morgan fingerprint density at radius 3 is 2.43 bits per heavy atom. The molecule has 1 aliphatic heterocycles. The second-order valence-electron chi connectivity index (χ2n) is 6.66. The molecule has 1 aromatic rings. The average Bonchev–Trinajstić information content (AvgIpc) is 2.49. The number of aryl methyl sites for hydroxylation is 1. The van der Waals surface area contributed by atoms with Gasteiger partial charge in [-0.05, 0) is 25.0 Å². The van der Waals surface area contributed by atoms with Gasteiger partial charge >= 0.3 is 0 Å². The molecule has 2 rings (SSSR count). The van der Waals surface area contributed by atoms with Crippen molar-refractivity contribution in [3.63, 3.8) is 0 Å². The van der Waals surface area contributed by atoms with Crippen LogP contribution in [0.4, 0.5) is 4.39 Å². The molecule has 0 atom stereocenters. The molecule has 23 heavy (non-hydrogen) atoms. The van der Waals surface area contributed by atoms with Crippen molar-refractivity contribution in [1.29, 1.82) is 0 Å². The summed E-state index contributed by atoms with van der Waals surface area (Å²) in [6.07, 6.45) is 0.563. The van der Waals surface area contributed by atoms with E-state index >= 15 is 0 Å². The SMILES string of the molecule is Cc1ccc(F)c(C(=O)CN2CCN(C(=O)CC(C)C)CC2)c1. The molecule has 0 N–H and O–H groups in total. The van der Waals surface area contributed by atoms with E-state index in [-0.39, 0.29) is 23.8 Å². The predicted octanol–water partition coefficient (Wildman–Crippen LogP) is 2.51. The highest BCUT2D eigenvalue weighted by Gasteiger charge is 2.23. The van der Waals surface area contributed by atoms with Gasteiger partial charge in [-0.3, -0.25) is 14.5 Å². The van der Waals surface area contributed by atoms with Crippen LogP contribution in [0.5, 0.6) is 0 Å². The van der Waals surface area contributed by atoms with Crippen LogP contribution in [0.1, 0.15) is 36.2 Å². The molecule has 4 nitrogen and oxygen atoms in total. The monoisotopic (exact) mass is 320 g/mol. The van der Waals surface area contributed by atoms with Crippen molar-refractivity contribution in [2.75, 3.05) is 32.7 Å². The normalized spacial score (nSPS) is 16.0. The van der Waals surface area contributed by atoms with Gasteiger partial charge < -0.3 is 4.90 Å². The second-order valence-corrected chi connectivity index (χ2v) is 6.66. The topological polar surface area (TPSA) is 40.6 Å². The van der Waals surface area contributed by atoms with Gasteiger partial charge in [0.05, 0.1) is 12.1 Å². The van der Waals surface area contributed by atoms with Crippen LogP contribution >= 0.6 is 0 Å². The van der Waals surface area contributed by atoms with E-state index in [9.17, 15) is 14.0 Å². The lowest BCUT2D eigenvalue weighted by Crippen LogP contribution is -2.50. The minimum atomic E-state index is -0.466. The Labute approximate surface area is 137 Å². The fourth-order valence-corrected chi connectivity index (χ4v) is 2.77. The summed E-state index contributed by atoms with van der Waals surface area (Å²) in [5.41, 5.74) is 1.03. The van der Waals surface area contributed by atoms with Gasteiger partial charge in [0.15, 0.2) is 5.78 Å². The number of hydrogen-bond donors (Lipinski definition) is 0. The van der Waals surface area contributed by atoms with E-state index in [0.29, 0.717) is 38.5 Å². The Hall–Kier alpha value is -1.75. The van der Waals surface area contributed by atoms with Crippen LogP contribution < -0.4 is 0 Å². The van der Waals surface area contributed by atoms with Crippen molar-refractivity contribution in [2.24, 2.45) is 5.92 Å². The van der Waals surface area contributed by atoms with Crippen molar-refractivity contribution >= 4 is 11.7 Å². The highest BCUT2D eigenvalue weighted by molar-refractivity contribution is 5.98. The number of rotatable bonds is 5. The Kier molecular flexibility index (Phi) is 5.88. The summed E-state index contributed by atoms with van der Waals surface area (Å²) < 4.78 is 13.8. The minimum Gasteiger partial charge on any atom is -0.340 e. The first-order chi connectivity index (χ1) is 10.9. The van der Waals surface area contributed by atoms with E-state index in [1.165, 1.54) is 6.07 Å². The van der Waals surface area contributed by atoms with Crippen LogP contribution in [-0.2, 0) is 4.79 Å². The number of halogens is 1. The fraction of sp³-hybridized carbons (Fsp3) is 0.556. The number of carbonyl (C=O) groups is 2. The first-order valence-corrected chi connectivity index (χ1v) is 8.16. The van der Waals surface area contributed by atoms with Crippen LogP contribution in [-0.4, -0.2) is 54.2 Å². The van der Waals surface area contributed by atoms with E-state index < -0.39 is 5.82 Å². The molecule has 1 amide bonds. The molecule has 0 aromatic heterocycles. The predicted molar refractivity (Wildman–Crippen MR) is 87.9 cm³/mol. The minimum absolute atomic E-state index is 0.156. The Balaban J connectivity index is 1.88. The molecule has 1 heterocycles. The number of Topliss-reactive ketones (excluding diaryl/α,β-unsaturated/α-hetero) is 1. The van der Waals surface area contributed by atoms with Crippen molar-refractivity contribution in [1.82, 2.24) is 9.80 Å². The first kappa shape index (κ1) is 17.6. The second kappa shape index (κ2) is 7.68. The smallest absolute Gasteiger partial charge is 0.222 e. The number of nitrogens with zero attached hydrogens (tertiary/aromatic N) is 2. The zero-order chi connectivity index (χ0) is 17.0. The standard InChI is InChI=1S/C18H25FN2O2/c1-13(2)10-18(23)21-8-6-20(7-9-21)12-17(22)15-11-14(3)4-5-16(15)19/h4-5,11,13H,6-10,12H2,1-3H3. The maximum absolute atomic E-state index is 13.8. The molecule has 1 fully saturated rings. The molecule has 0 bridgehead atoms. The number of benzene rings is 1. The first-order valence-electron chi connectivity index (χ1n) is 8.16. The molecule has 0 radical (unpaired) electrons. The van der Waals surface area contributed by atoms with Gasteiger partial charge in [-0.1, -0.05) is 25.5 Å². The highest BCUT2D eigenvalue weighted by atomic mass is 19.1. The summed E-state index contributed by atoms with van der Waals surface area (Å²) in [4.78, 5) is 28.2. The van der Waals surface area contributed by atoms with E-state index in [0.717, 1.165) is 5.56 Å². The molecule has 0 unspecified atom stereocenters. The van der Waals surface area contributed by atoms with Gasteiger partial charge in [0.1, 0.15) is 5.82 Å². The van der Waals surface area contributed by atoms with Gasteiger partial charge in [0.25, 0.3) is 0 Å². The Morgan fingerprint density at radius 1 is 1.17 bits per heavy atom. The van der Waals surface area contributed by atoms with Gasteiger partial charge in [-0.2, -0.15) is 0 Å². The average molecular weight is 320 g/mol. The summed E-state index contributed by atoms with van der Waals surface area (Å²) in [6.45, 7) is 8.69. The zero-order valence-electron chi connectivity index (χ0n) is 14.1. The van der Waals surface area contributed by atoms with E-state index in [1.807, 2.05) is 30.6 Å². The number of amides is 1. The van der Waals surface area contributed by atoms with Crippen LogP contribution in [0.3, 0.4) is 0 Å². The van der Waals surface area contributed by atoms with Crippen molar-refractivity contribution in [3.8, 4) is 0 Å². The van der Waals surface area contributed by atoms with E-state index in [4.69, 9.17) is 0 Å². The van der Waals surface area contributed by atoms with Crippen molar-refractivity contribution < 1.29 is 14.0 Å². The van der Waals surface area contributed by atoms with Crippen molar-refractivity contribution in [3.05, 3.63) is 35.1 Å². The summed E-state index contributed by atoms with van der Waals surface area (Å²) in [6, 6.07) is 4.59. The van der Waals surface area contributed by atoms with Crippen LogP contribution in [0.15, 0.2) is 18.2 Å². The third-order valence-electron chi connectivity index (χ3n) is 4.10. The molecule has 0 saturated carbocycles. The lowest BCUT2D eigenvalue weighted by Gasteiger charge is -2.34.